The zero-order valence-electron chi connectivity index (χ0n) is 14.9. The van der Waals surface area contributed by atoms with Gasteiger partial charge in [-0.25, -0.2) is 0 Å². The molecule has 0 unspecified atom stereocenters. The minimum atomic E-state index is 0.468. The van der Waals surface area contributed by atoms with Crippen LogP contribution in [-0.4, -0.2) is 33.4 Å². The number of hydrogen-bond donors (Lipinski definition) is 0. The molecule has 136 valence electrons. The van der Waals surface area contributed by atoms with Crippen LogP contribution in [0.2, 0.25) is 0 Å². The van der Waals surface area contributed by atoms with E-state index in [1.165, 1.54) is 17.4 Å². The highest BCUT2D eigenvalue weighted by atomic mass is 32.2. The van der Waals surface area contributed by atoms with Crippen LogP contribution >= 0.6 is 11.8 Å². The van der Waals surface area contributed by atoms with E-state index in [2.05, 4.69) is 51.2 Å². The summed E-state index contributed by atoms with van der Waals surface area (Å²) in [7, 11) is 0. The van der Waals surface area contributed by atoms with E-state index in [-0.39, 0.29) is 0 Å². The molecular formula is C18H21N5O2S. The monoisotopic (exact) mass is 371 g/mol. The lowest BCUT2D eigenvalue weighted by molar-refractivity contribution is 0.375. The Labute approximate surface area is 156 Å². The van der Waals surface area contributed by atoms with Gasteiger partial charge in [-0.1, -0.05) is 16.9 Å². The Balaban J connectivity index is 1.38. The average molecular weight is 371 g/mol. The first-order chi connectivity index (χ1) is 12.8. The molecule has 2 aromatic heterocycles. The second-order valence-corrected chi connectivity index (χ2v) is 7.13. The predicted molar refractivity (Wildman–Crippen MR) is 99.1 cm³/mol. The van der Waals surface area contributed by atoms with Crippen LogP contribution in [-0.2, 0) is 5.75 Å². The molecule has 0 amide bonds. The van der Waals surface area contributed by atoms with Gasteiger partial charge in [0.2, 0.25) is 11.8 Å². The zero-order chi connectivity index (χ0) is 17.9. The van der Waals surface area contributed by atoms with Crippen molar-refractivity contribution in [2.75, 3.05) is 18.0 Å². The average Bonchev–Trinajstić information content (AvgIpc) is 3.23. The van der Waals surface area contributed by atoms with Crippen molar-refractivity contribution in [1.29, 1.82) is 0 Å². The third-order valence-electron chi connectivity index (χ3n) is 4.38. The number of nitrogens with zero attached hydrogens (tertiary/aromatic N) is 5. The molecule has 4 rings (SSSR count). The van der Waals surface area contributed by atoms with Gasteiger partial charge in [-0.3, -0.25) is 0 Å². The summed E-state index contributed by atoms with van der Waals surface area (Å²) in [6.45, 7) is 6.26. The van der Waals surface area contributed by atoms with E-state index < -0.39 is 0 Å². The predicted octanol–water partition coefficient (Wildman–Crippen LogP) is 4.14. The molecule has 0 aliphatic heterocycles. The van der Waals surface area contributed by atoms with Crippen molar-refractivity contribution in [2.24, 2.45) is 0 Å². The topological polar surface area (TPSA) is 81.1 Å². The van der Waals surface area contributed by atoms with Crippen molar-refractivity contribution in [3.8, 4) is 11.5 Å². The molecule has 7 nitrogen and oxygen atoms in total. The highest BCUT2D eigenvalue weighted by Gasteiger charge is 2.29. The van der Waals surface area contributed by atoms with E-state index in [9.17, 15) is 0 Å². The van der Waals surface area contributed by atoms with Gasteiger partial charge in [0.05, 0.1) is 5.75 Å². The second kappa shape index (κ2) is 7.49. The minimum Gasteiger partial charge on any atom is -0.411 e. The molecule has 0 radical (unpaired) electrons. The van der Waals surface area contributed by atoms with Crippen LogP contribution < -0.4 is 4.90 Å². The Morgan fingerprint density at radius 3 is 2.58 bits per heavy atom. The molecule has 8 heteroatoms. The molecule has 0 N–H and O–H groups in total. The second-order valence-electron chi connectivity index (χ2n) is 6.20. The van der Waals surface area contributed by atoms with Crippen LogP contribution in [0.5, 0.6) is 0 Å². The quantitative estimate of drug-likeness (QED) is 0.547. The summed E-state index contributed by atoms with van der Waals surface area (Å²) >= 11 is 1.42. The Morgan fingerprint density at radius 1 is 1.12 bits per heavy atom. The highest BCUT2D eigenvalue weighted by molar-refractivity contribution is 7.98. The van der Waals surface area contributed by atoms with Crippen molar-refractivity contribution < 1.29 is 8.94 Å². The Kier molecular flexibility index (Phi) is 4.92. The van der Waals surface area contributed by atoms with Gasteiger partial charge in [0, 0.05) is 30.3 Å². The Morgan fingerprint density at radius 2 is 1.88 bits per heavy atom. The van der Waals surface area contributed by atoms with Crippen molar-refractivity contribution in [3.05, 3.63) is 36.0 Å². The van der Waals surface area contributed by atoms with Gasteiger partial charge >= 0.3 is 0 Å². The summed E-state index contributed by atoms with van der Waals surface area (Å²) in [6.07, 6.45) is 2.30. The number of hydrogen-bond acceptors (Lipinski definition) is 8. The standard InChI is InChI=1S/C18H21N5O2S/c1-3-23(4-2)14-9-7-13(8-10-14)17-20-21-18(24-17)26-11-15-19-16(25-22-15)12-5-6-12/h7-10,12H,3-6,11H2,1-2H3. The first kappa shape index (κ1) is 17.1. The summed E-state index contributed by atoms with van der Waals surface area (Å²) in [5.41, 5.74) is 2.10. The van der Waals surface area contributed by atoms with E-state index in [0.717, 1.165) is 37.4 Å². The fourth-order valence-corrected chi connectivity index (χ4v) is 3.34. The molecule has 1 aliphatic carbocycles. The van der Waals surface area contributed by atoms with Crippen molar-refractivity contribution in [2.45, 2.75) is 43.6 Å². The number of aromatic nitrogens is 4. The summed E-state index contributed by atoms with van der Waals surface area (Å²) in [5.74, 6) is 2.96. The van der Waals surface area contributed by atoms with Gasteiger partial charge in [-0.15, -0.1) is 10.2 Å². The molecule has 1 aromatic carbocycles. The highest BCUT2D eigenvalue weighted by Crippen LogP contribution is 2.39. The fraction of sp³-hybridized carbons (Fsp3) is 0.444. The van der Waals surface area contributed by atoms with Crippen LogP contribution in [0.4, 0.5) is 5.69 Å². The van der Waals surface area contributed by atoms with Crippen molar-refractivity contribution in [3.63, 3.8) is 0 Å². The SMILES string of the molecule is CCN(CC)c1ccc(-c2nnc(SCc3noc(C4CC4)n3)o2)cc1. The molecule has 0 saturated heterocycles. The summed E-state index contributed by atoms with van der Waals surface area (Å²) < 4.78 is 11.0. The summed E-state index contributed by atoms with van der Waals surface area (Å²) in [6, 6.07) is 8.18. The molecular weight excluding hydrogens is 350 g/mol. The number of rotatable bonds is 8. The van der Waals surface area contributed by atoms with Crippen LogP contribution in [0.15, 0.2) is 38.4 Å². The number of thioether (sulfide) groups is 1. The largest absolute Gasteiger partial charge is 0.411 e. The van der Waals surface area contributed by atoms with Gasteiger partial charge in [0.25, 0.3) is 5.22 Å². The van der Waals surface area contributed by atoms with E-state index in [1.807, 2.05) is 12.1 Å². The van der Waals surface area contributed by atoms with E-state index in [4.69, 9.17) is 8.94 Å². The summed E-state index contributed by atoms with van der Waals surface area (Å²) in [5, 5.41) is 12.7. The van der Waals surface area contributed by atoms with Crippen molar-refractivity contribution in [1.82, 2.24) is 20.3 Å². The van der Waals surface area contributed by atoms with Gasteiger partial charge in [0.1, 0.15) is 0 Å². The maximum atomic E-state index is 5.75. The lowest BCUT2D eigenvalue weighted by atomic mass is 10.2. The molecule has 1 fully saturated rings. The van der Waals surface area contributed by atoms with Crippen LogP contribution in [0.1, 0.15) is 44.3 Å². The zero-order valence-corrected chi connectivity index (χ0v) is 15.7. The van der Waals surface area contributed by atoms with Crippen LogP contribution in [0, 0.1) is 0 Å². The Bertz CT molecular complexity index is 853. The molecule has 0 spiro atoms. The van der Waals surface area contributed by atoms with E-state index >= 15 is 0 Å². The number of benzene rings is 1. The van der Waals surface area contributed by atoms with Gasteiger partial charge in [0.15, 0.2) is 5.82 Å². The summed E-state index contributed by atoms with van der Waals surface area (Å²) in [4.78, 5) is 6.69. The van der Waals surface area contributed by atoms with Gasteiger partial charge in [-0.05, 0) is 51.0 Å². The lowest BCUT2D eigenvalue weighted by Crippen LogP contribution is -2.21. The van der Waals surface area contributed by atoms with Crippen molar-refractivity contribution >= 4 is 17.4 Å². The number of anilines is 1. The molecule has 3 aromatic rings. The molecule has 1 aliphatic rings. The first-order valence-electron chi connectivity index (χ1n) is 8.91. The normalized spacial score (nSPS) is 13.9. The van der Waals surface area contributed by atoms with Gasteiger partial charge < -0.3 is 13.8 Å². The molecule has 26 heavy (non-hydrogen) atoms. The molecule has 0 atom stereocenters. The first-order valence-corrected chi connectivity index (χ1v) is 9.89. The molecule has 1 saturated carbocycles. The maximum Gasteiger partial charge on any atom is 0.277 e. The third-order valence-corrected chi connectivity index (χ3v) is 5.20. The van der Waals surface area contributed by atoms with E-state index in [1.54, 1.807) is 0 Å². The Hall–Kier alpha value is -2.35. The fourth-order valence-electron chi connectivity index (χ4n) is 2.74. The third kappa shape index (κ3) is 3.75. The van der Waals surface area contributed by atoms with Gasteiger partial charge in [-0.2, -0.15) is 4.98 Å². The van der Waals surface area contributed by atoms with Crippen LogP contribution in [0.3, 0.4) is 0 Å². The maximum absolute atomic E-state index is 5.75. The lowest BCUT2D eigenvalue weighted by Gasteiger charge is -2.20. The molecule has 0 bridgehead atoms. The smallest absolute Gasteiger partial charge is 0.277 e. The van der Waals surface area contributed by atoms with E-state index in [0.29, 0.717) is 28.6 Å². The minimum absolute atomic E-state index is 0.468. The molecule has 2 heterocycles. The van der Waals surface area contributed by atoms with Crippen LogP contribution in [0.25, 0.3) is 11.5 Å².